The number of nitrogens with zero attached hydrogens (tertiary/aromatic N) is 2. The number of carbonyl (C=O) groups excluding carboxylic acids is 2. The van der Waals surface area contributed by atoms with Crippen LogP contribution >= 0.6 is 0 Å². The molecule has 0 aromatic carbocycles. The highest BCUT2D eigenvalue weighted by molar-refractivity contribution is 5.84. The van der Waals surface area contributed by atoms with Crippen LogP contribution in [0, 0.1) is 5.41 Å². The lowest BCUT2D eigenvalue weighted by Crippen LogP contribution is -2.58. The first-order valence-corrected chi connectivity index (χ1v) is 7.96. The van der Waals surface area contributed by atoms with Gasteiger partial charge in [0.05, 0.1) is 0 Å². The van der Waals surface area contributed by atoms with Gasteiger partial charge in [0.1, 0.15) is 5.41 Å². The van der Waals surface area contributed by atoms with Crippen LogP contribution in [-0.2, 0) is 9.59 Å². The average Bonchev–Trinajstić information content (AvgIpc) is 2.53. The van der Waals surface area contributed by atoms with Crippen LogP contribution < -0.4 is 0 Å². The number of hydrogen-bond acceptors (Lipinski definition) is 2. The molecule has 0 aliphatic carbocycles. The molecule has 7 heteroatoms. The van der Waals surface area contributed by atoms with Crippen molar-refractivity contribution in [2.75, 3.05) is 26.2 Å². The fourth-order valence-corrected chi connectivity index (χ4v) is 3.38. The smallest absolute Gasteiger partial charge is 0.343 e. The van der Waals surface area contributed by atoms with E-state index in [0.717, 1.165) is 19.3 Å². The van der Waals surface area contributed by atoms with Crippen molar-refractivity contribution in [1.82, 2.24) is 9.80 Å². The summed E-state index contributed by atoms with van der Waals surface area (Å²) in [4.78, 5) is 27.0. The monoisotopic (exact) mass is 320 g/mol. The van der Waals surface area contributed by atoms with E-state index in [0.29, 0.717) is 13.1 Å². The second kappa shape index (κ2) is 6.46. The van der Waals surface area contributed by atoms with Gasteiger partial charge in [-0.2, -0.15) is 13.2 Å². The molecule has 2 saturated heterocycles. The Hall–Kier alpha value is -1.27. The summed E-state index contributed by atoms with van der Waals surface area (Å²) in [6.07, 6.45) is -2.45. The number of rotatable bonds is 2. The van der Waals surface area contributed by atoms with Crippen molar-refractivity contribution in [3.8, 4) is 0 Å². The van der Waals surface area contributed by atoms with Gasteiger partial charge < -0.3 is 9.80 Å². The molecule has 126 valence electrons. The zero-order valence-corrected chi connectivity index (χ0v) is 12.9. The van der Waals surface area contributed by atoms with Crippen LogP contribution in [0.4, 0.5) is 13.2 Å². The van der Waals surface area contributed by atoms with Gasteiger partial charge in [0.2, 0.25) is 11.8 Å². The van der Waals surface area contributed by atoms with E-state index in [4.69, 9.17) is 0 Å². The quantitative estimate of drug-likeness (QED) is 0.785. The molecule has 0 aromatic heterocycles. The lowest BCUT2D eigenvalue weighted by molar-refractivity contribution is -0.238. The maximum absolute atomic E-state index is 13.7. The first kappa shape index (κ1) is 17.1. The number of likely N-dealkylation sites (tertiary alicyclic amines) is 2. The van der Waals surface area contributed by atoms with Crippen molar-refractivity contribution in [3.05, 3.63) is 0 Å². The second-order valence-corrected chi connectivity index (χ2v) is 6.17. The summed E-state index contributed by atoms with van der Waals surface area (Å²) in [7, 11) is 0. The number of alkyl halides is 3. The first-order valence-electron chi connectivity index (χ1n) is 7.96. The molecule has 2 rings (SSSR count). The highest BCUT2D eigenvalue weighted by atomic mass is 19.4. The summed E-state index contributed by atoms with van der Waals surface area (Å²) in [6, 6.07) is 0. The van der Waals surface area contributed by atoms with Crippen LogP contribution in [0.15, 0.2) is 0 Å². The van der Waals surface area contributed by atoms with Gasteiger partial charge in [-0.15, -0.1) is 0 Å². The maximum Gasteiger partial charge on any atom is 0.403 e. The van der Waals surface area contributed by atoms with Crippen molar-refractivity contribution in [3.63, 3.8) is 0 Å². The third-order valence-corrected chi connectivity index (χ3v) is 4.87. The van der Waals surface area contributed by atoms with Crippen molar-refractivity contribution in [2.24, 2.45) is 5.41 Å². The molecular formula is C15H23F3N2O2. The maximum atomic E-state index is 13.7. The van der Waals surface area contributed by atoms with Crippen molar-refractivity contribution in [1.29, 1.82) is 0 Å². The SMILES string of the molecule is CCC(=O)N1CCC(C(=O)N2CCCCC2)(C(F)(F)F)CC1. The summed E-state index contributed by atoms with van der Waals surface area (Å²) in [5.74, 6) is -0.940. The zero-order chi connectivity index (χ0) is 16.4. The van der Waals surface area contributed by atoms with E-state index in [1.807, 2.05) is 0 Å². The molecule has 0 radical (unpaired) electrons. The molecule has 0 bridgehead atoms. The summed E-state index contributed by atoms with van der Waals surface area (Å²) in [5, 5.41) is 0. The Bertz CT molecular complexity index is 423. The lowest BCUT2D eigenvalue weighted by Gasteiger charge is -2.44. The molecule has 0 unspecified atom stereocenters. The summed E-state index contributed by atoms with van der Waals surface area (Å²) < 4.78 is 41.0. The van der Waals surface area contributed by atoms with Gasteiger partial charge in [-0.05, 0) is 32.1 Å². The molecule has 2 aliphatic rings. The van der Waals surface area contributed by atoms with Gasteiger partial charge in [0.15, 0.2) is 0 Å². The molecule has 2 aliphatic heterocycles. The Morgan fingerprint density at radius 1 is 0.955 bits per heavy atom. The van der Waals surface area contributed by atoms with Crippen LogP contribution in [0.1, 0.15) is 45.4 Å². The minimum absolute atomic E-state index is 0.00572. The van der Waals surface area contributed by atoms with Crippen molar-refractivity contribution >= 4 is 11.8 Å². The number of amides is 2. The molecule has 2 fully saturated rings. The predicted octanol–water partition coefficient (Wildman–Crippen LogP) is 2.58. The molecule has 0 saturated carbocycles. The van der Waals surface area contributed by atoms with Gasteiger partial charge >= 0.3 is 6.18 Å². The van der Waals surface area contributed by atoms with E-state index >= 15 is 0 Å². The highest BCUT2D eigenvalue weighted by Gasteiger charge is 2.62. The fourth-order valence-electron chi connectivity index (χ4n) is 3.38. The third-order valence-electron chi connectivity index (χ3n) is 4.87. The lowest BCUT2D eigenvalue weighted by atomic mass is 9.75. The van der Waals surface area contributed by atoms with Crippen molar-refractivity contribution < 1.29 is 22.8 Å². The summed E-state index contributed by atoms with van der Waals surface area (Å²) in [5.41, 5.74) is -2.31. The molecule has 0 atom stereocenters. The van der Waals surface area contributed by atoms with Gasteiger partial charge in [-0.3, -0.25) is 9.59 Å². The van der Waals surface area contributed by atoms with E-state index in [1.165, 1.54) is 9.80 Å². The minimum Gasteiger partial charge on any atom is -0.343 e. The fraction of sp³-hybridized carbons (Fsp3) is 0.867. The highest BCUT2D eigenvalue weighted by Crippen LogP contribution is 2.48. The molecule has 0 aromatic rings. The predicted molar refractivity (Wildman–Crippen MR) is 75.0 cm³/mol. The van der Waals surface area contributed by atoms with Gasteiger partial charge in [0.25, 0.3) is 0 Å². The molecule has 2 amide bonds. The topological polar surface area (TPSA) is 40.6 Å². The second-order valence-electron chi connectivity index (χ2n) is 6.17. The Morgan fingerprint density at radius 3 is 1.95 bits per heavy atom. The Morgan fingerprint density at radius 2 is 1.50 bits per heavy atom. The minimum atomic E-state index is -4.57. The van der Waals surface area contributed by atoms with Crippen LogP contribution in [-0.4, -0.2) is 54.0 Å². The average molecular weight is 320 g/mol. The first-order chi connectivity index (χ1) is 10.3. The Kier molecular flexibility index (Phi) is 5.02. The zero-order valence-electron chi connectivity index (χ0n) is 12.9. The van der Waals surface area contributed by atoms with Crippen LogP contribution in [0.25, 0.3) is 0 Å². The van der Waals surface area contributed by atoms with E-state index in [9.17, 15) is 22.8 Å². The molecule has 0 N–H and O–H groups in total. The van der Waals surface area contributed by atoms with Crippen LogP contribution in [0.3, 0.4) is 0 Å². The van der Waals surface area contributed by atoms with E-state index in [-0.39, 0.29) is 38.3 Å². The molecular weight excluding hydrogens is 297 g/mol. The van der Waals surface area contributed by atoms with Gasteiger partial charge in [-0.25, -0.2) is 0 Å². The third kappa shape index (κ3) is 3.08. The van der Waals surface area contributed by atoms with Gasteiger partial charge in [-0.1, -0.05) is 6.92 Å². The van der Waals surface area contributed by atoms with E-state index in [1.54, 1.807) is 6.92 Å². The van der Waals surface area contributed by atoms with E-state index in [2.05, 4.69) is 0 Å². The largest absolute Gasteiger partial charge is 0.403 e. The normalized spacial score (nSPS) is 22.5. The van der Waals surface area contributed by atoms with Crippen LogP contribution in [0.5, 0.6) is 0 Å². The molecule has 2 heterocycles. The number of hydrogen-bond donors (Lipinski definition) is 0. The summed E-state index contributed by atoms with van der Waals surface area (Å²) in [6.45, 7) is 2.52. The number of piperidine rings is 2. The number of halogens is 3. The number of carbonyl (C=O) groups is 2. The van der Waals surface area contributed by atoms with Gasteiger partial charge in [0, 0.05) is 32.6 Å². The van der Waals surface area contributed by atoms with Crippen molar-refractivity contribution in [2.45, 2.75) is 51.6 Å². The Balaban J connectivity index is 2.16. The van der Waals surface area contributed by atoms with Crippen LogP contribution in [0.2, 0.25) is 0 Å². The van der Waals surface area contributed by atoms with E-state index < -0.39 is 17.5 Å². The Labute approximate surface area is 128 Å². The molecule has 22 heavy (non-hydrogen) atoms. The molecule has 0 spiro atoms. The summed E-state index contributed by atoms with van der Waals surface area (Å²) >= 11 is 0. The standard InChI is InChI=1S/C15H23F3N2O2/c1-2-12(21)19-10-6-14(7-11-19,15(16,17)18)13(22)20-8-4-3-5-9-20/h2-11H2,1H3. The molecule has 4 nitrogen and oxygen atoms in total.